The molecule has 3 nitrogen and oxygen atoms in total. The Morgan fingerprint density at radius 2 is 2.56 bits per heavy atom. The summed E-state index contributed by atoms with van der Waals surface area (Å²) in [6.07, 6.45) is 1.47. The van der Waals surface area contributed by atoms with E-state index in [4.69, 9.17) is 0 Å². The highest BCUT2D eigenvalue weighted by molar-refractivity contribution is 7.97. The van der Waals surface area contributed by atoms with Crippen molar-refractivity contribution in [2.45, 2.75) is 6.92 Å². The summed E-state index contributed by atoms with van der Waals surface area (Å²) in [7, 11) is 0. The Morgan fingerprint density at radius 1 is 1.89 bits per heavy atom. The molecule has 0 amide bonds. The molecule has 1 aromatic heterocycles. The zero-order valence-corrected chi connectivity index (χ0v) is 5.77. The number of carbonyl (C=O) groups excluding carboxylic acids is 1. The van der Waals surface area contributed by atoms with Crippen molar-refractivity contribution in [3.8, 4) is 0 Å². The van der Waals surface area contributed by atoms with Crippen molar-refractivity contribution in [2.24, 2.45) is 0 Å². The Morgan fingerprint density at radius 3 is 2.78 bits per heavy atom. The predicted octanol–water partition coefficient (Wildman–Crippen LogP) is 0.788. The van der Waals surface area contributed by atoms with Crippen LogP contribution in [-0.4, -0.2) is 15.1 Å². The van der Waals surface area contributed by atoms with Crippen molar-refractivity contribution >= 4 is 17.7 Å². The van der Waals surface area contributed by atoms with Crippen LogP contribution in [0.3, 0.4) is 0 Å². The number of nitrogens with one attached hydrogen (secondary N) is 1. The second kappa shape index (κ2) is 2.23. The first-order valence-electron chi connectivity index (χ1n) is 2.45. The van der Waals surface area contributed by atoms with Gasteiger partial charge in [-0.15, -0.1) is 0 Å². The monoisotopic (exact) mass is 142 g/mol. The minimum atomic E-state index is -0.297. The lowest BCUT2D eigenvalue weighted by atomic mass is 10.4. The first-order valence-corrected chi connectivity index (χ1v) is 2.90. The average molecular weight is 142 g/mol. The van der Waals surface area contributed by atoms with E-state index in [0.29, 0.717) is 5.69 Å². The smallest absolute Gasteiger partial charge is 0.236 e. The molecule has 1 rings (SSSR count). The Balaban J connectivity index is 3.08. The van der Waals surface area contributed by atoms with E-state index in [0.717, 1.165) is 5.69 Å². The van der Waals surface area contributed by atoms with Gasteiger partial charge in [0.25, 0.3) is 0 Å². The number of thiol groups is 1. The van der Waals surface area contributed by atoms with Crippen LogP contribution in [0, 0.1) is 6.92 Å². The fraction of sp³-hybridized carbons (Fsp3) is 0.200. The summed E-state index contributed by atoms with van der Waals surface area (Å²) in [5.41, 5.74) is 1.16. The lowest BCUT2D eigenvalue weighted by Gasteiger charge is -1.85. The SMILES string of the molecule is Cc1[nH]cnc1C(=O)S. The van der Waals surface area contributed by atoms with Gasteiger partial charge in [-0.3, -0.25) is 4.79 Å². The Hall–Kier alpha value is -0.770. The molecule has 1 aromatic rings. The highest BCUT2D eigenvalue weighted by Crippen LogP contribution is 2.02. The zero-order chi connectivity index (χ0) is 6.85. The van der Waals surface area contributed by atoms with Gasteiger partial charge < -0.3 is 4.98 Å². The van der Waals surface area contributed by atoms with Gasteiger partial charge in [-0.05, 0) is 6.92 Å². The molecule has 0 atom stereocenters. The first kappa shape index (κ1) is 6.35. The number of rotatable bonds is 1. The van der Waals surface area contributed by atoms with Gasteiger partial charge in [0.05, 0.1) is 6.33 Å². The molecule has 0 saturated carbocycles. The molecule has 0 saturated heterocycles. The van der Waals surface area contributed by atoms with E-state index >= 15 is 0 Å². The van der Waals surface area contributed by atoms with Gasteiger partial charge >= 0.3 is 0 Å². The molecule has 0 radical (unpaired) electrons. The Kier molecular flexibility index (Phi) is 1.57. The molecular formula is C5H6N2OS. The summed E-state index contributed by atoms with van der Waals surface area (Å²) in [6.45, 7) is 1.77. The number of aromatic amines is 1. The average Bonchev–Trinajstić information content (AvgIpc) is 2.13. The van der Waals surface area contributed by atoms with Crippen LogP contribution >= 0.6 is 12.6 Å². The highest BCUT2D eigenvalue weighted by atomic mass is 32.1. The van der Waals surface area contributed by atoms with Gasteiger partial charge in [0, 0.05) is 5.69 Å². The van der Waals surface area contributed by atoms with Crippen LogP contribution in [0.5, 0.6) is 0 Å². The predicted molar refractivity (Wildman–Crippen MR) is 36.6 cm³/mol. The molecule has 9 heavy (non-hydrogen) atoms. The minimum Gasteiger partial charge on any atom is -0.348 e. The maximum absolute atomic E-state index is 10.5. The van der Waals surface area contributed by atoms with Crippen molar-refractivity contribution in [2.75, 3.05) is 0 Å². The van der Waals surface area contributed by atoms with Crippen molar-refractivity contribution in [1.29, 1.82) is 0 Å². The summed E-state index contributed by atoms with van der Waals surface area (Å²) < 4.78 is 0. The van der Waals surface area contributed by atoms with Crippen molar-refractivity contribution in [3.05, 3.63) is 17.7 Å². The fourth-order valence-corrected chi connectivity index (χ4v) is 0.800. The molecule has 0 aliphatic carbocycles. The second-order valence-corrected chi connectivity index (χ2v) is 2.09. The highest BCUT2D eigenvalue weighted by Gasteiger charge is 2.04. The normalized spacial score (nSPS) is 9.56. The van der Waals surface area contributed by atoms with E-state index in [9.17, 15) is 4.79 Å². The summed E-state index contributed by atoms with van der Waals surface area (Å²) in [5.74, 6) is 0. The maximum Gasteiger partial charge on any atom is 0.236 e. The third-order valence-corrected chi connectivity index (χ3v) is 1.24. The number of imidazole rings is 1. The molecule has 0 unspecified atom stereocenters. The van der Waals surface area contributed by atoms with Gasteiger partial charge in [-0.25, -0.2) is 4.98 Å². The molecule has 1 heterocycles. The number of hydrogen-bond acceptors (Lipinski definition) is 2. The van der Waals surface area contributed by atoms with Crippen molar-refractivity contribution < 1.29 is 4.79 Å². The van der Waals surface area contributed by atoms with Crippen molar-refractivity contribution in [3.63, 3.8) is 0 Å². The molecule has 0 aromatic carbocycles. The number of hydrogen-bond donors (Lipinski definition) is 2. The van der Waals surface area contributed by atoms with Gasteiger partial charge in [0.1, 0.15) is 5.69 Å². The largest absolute Gasteiger partial charge is 0.348 e. The third-order valence-electron chi connectivity index (χ3n) is 1.03. The number of carbonyl (C=O) groups is 1. The molecule has 1 N–H and O–H groups in total. The lowest BCUT2D eigenvalue weighted by Crippen LogP contribution is -1.90. The second-order valence-electron chi connectivity index (χ2n) is 1.68. The summed E-state index contributed by atoms with van der Waals surface area (Å²) in [6, 6.07) is 0. The molecule has 0 bridgehead atoms. The van der Waals surface area contributed by atoms with E-state index in [1.54, 1.807) is 6.92 Å². The van der Waals surface area contributed by atoms with Gasteiger partial charge in [-0.2, -0.15) is 0 Å². The van der Waals surface area contributed by atoms with Crippen LogP contribution in [0.25, 0.3) is 0 Å². The number of H-pyrrole nitrogens is 1. The standard InChI is InChI=1S/C5H6N2OS/c1-3-4(5(8)9)7-2-6-3/h2H,1H3,(H,6,7)(H,8,9). The Labute approximate surface area is 57.9 Å². The van der Waals surface area contributed by atoms with Gasteiger partial charge in [0.2, 0.25) is 5.12 Å². The number of nitrogens with zero attached hydrogens (tertiary/aromatic N) is 1. The van der Waals surface area contributed by atoms with Crippen LogP contribution in [0.4, 0.5) is 0 Å². The van der Waals surface area contributed by atoms with Crippen molar-refractivity contribution in [1.82, 2.24) is 9.97 Å². The van der Waals surface area contributed by atoms with Crippen LogP contribution < -0.4 is 0 Å². The van der Waals surface area contributed by atoms with Crippen LogP contribution in [0.1, 0.15) is 16.2 Å². The number of aromatic nitrogens is 2. The molecule has 48 valence electrons. The third kappa shape index (κ3) is 1.13. The quantitative estimate of drug-likeness (QED) is 0.569. The van der Waals surface area contributed by atoms with E-state index in [-0.39, 0.29) is 5.12 Å². The number of aryl methyl sites for hydroxylation is 1. The summed E-state index contributed by atoms with van der Waals surface area (Å²) in [5, 5.41) is -0.297. The maximum atomic E-state index is 10.5. The van der Waals surface area contributed by atoms with Gasteiger partial charge in [-0.1, -0.05) is 12.6 Å². The Bertz CT molecular complexity index is 231. The summed E-state index contributed by atoms with van der Waals surface area (Å²) >= 11 is 3.60. The first-order chi connectivity index (χ1) is 4.22. The van der Waals surface area contributed by atoms with Crippen LogP contribution in [-0.2, 0) is 0 Å². The van der Waals surface area contributed by atoms with E-state index in [1.807, 2.05) is 0 Å². The minimum absolute atomic E-state index is 0.297. The van der Waals surface area contributed by atoms with E-state index in [2.05, 4.69) is 22.6 Å². The van der Waals surface area contributed by atoms with Crippen LogP contribution in [0.2, 0.25) is 0 Å². The van der Waals surface area contributed by atoms with E-state index < -0.39 is 0 Å². The molecule has 0 spiro atoms. The molecule has 4 heteroatoms. The lowest BCUT2D eigenvalue weighted by molar-refractivity contribution is 0.108. The topological polar surface area (TPSA) is 45.8 Å². The molecule has 0 fully saturated rings. The molecule has 0 aliphatic rings. The molecule has 0 aliphatic heterocycles. The summed E-state index contributed by atoms with van der Waals surface area (Å²) in [4.78, 5) is 17.0. The van der Waals surface area contributed by atoms with Crippen LogP contribution in [0.15, 0.2) is 6.33 Å². The van der Waals surface area contributed by atoms with E-state index in [1.165, 1.54) is 6.33 Å². The van der Waals surface area contributed by atoms with Gasteiger partial charge in [0.15, 0.2) is 0 Å². The molecular weight excluding hydrogens is 136 g/mol. The zero-order valence-electron chi connectivity index (χ0n) is 4.88. The fourth-order valence-electron chi connectivity index (χ4n) is 0.574.